The normalized spacial score (nSPS) is 10.6. The molecule has 0 radical (unpaired) electrons. The van der Waals surface area contributed by atoms with Crippen LogP contribution < -0.4 is 10.1 Å². The molecule has 0 unspecified atom stereocenters. The van der Waals surface area contributed by atoms with Gasteiger partial charge < -0.3 is 10.1 Å². The Morgan fingerprint density at radius 1 is 1.00 bits per heavy atom. The summed E-state index contributed by atoms with van der Waals surface area (Å²) < 4.78 is 5.87. The van der Waals surface area contributed by atoms with Crippen molar-refractivity contribution in [3.63, 3.8) is 0 Å². The van der Waals surface area contributed by atoms with Crippen molar-refractivity contribution in [3.05, 3.63) is 64.7 Å². The molecule has 106 valence electrons. The molecule has 0 atom stereocenters. The number of nitrogens with one attached hydrogen (secondary N) is 1. The van der Waals surface area contributed by atoms with Crippen molar-refractivity contribution in [2.75, 3.05) is 6.54 Å². The molecular weight excluding hydrogens is 246 g/mol. The highest BCUT2D eigenvalue weighted by Gasteiger charge is 2.01. The van der Waals surface area contributed by atoms with Crippen molar-refractivity contribution in [2.24, 2.45) is 0 Å². The fourth-order valence-corrected chi connectivity index (χ4v) is 2.09. The molecule has 0 saturated carbocycles. The van der Waals surface area contributed by atoms with Crippen LogP contribution in [-0.2, 0) is 13.2 Å². The van der Waals surface area contributed by atoms with Crippen LogP contribution in [0.4, 0.5) is 0 Å². The first kappa shape index (κ1) is 14.6. The van der Waals surface area contributed by atoms with E-state index in [9.17, 15) is 0 Å². The number of hydrogen-bond donors (Lipinski definition) is 1. The molecule has 20 heavy (non-hydrogen) atoms. The van der Waals surface area contributed by atoms with E-state index in [1.54, 1.807) is 0 Å². The number of rotatable bonds is 6. The Balaban J connectivity index is 1.95. The van der Waals surface area contributed by atoms with E-state index in [1.165, 1.54) is 22.3 Å². The van der Waals surface area contributed by atoms with Crippen molar-refractivity contribution >= 4 is 0 Å². The predicted molar refractivity (Wildman–Crippen MR) is 84.1 cm³/mol. The molecular formula is C18H23NO. The summed E-state index contributed by atoms with van der Waals surface area (Å²) in [4.78, 5) is 0. The highest BCUT2D eigenvalue weighted by Crippen LogP contribution is 2.16. The zero-order chi connectivity index (χ0) is 14.4. The van der Waals surface area contributed by atoms with Crippen molar-refractivity contribution in [2.45, 2.75) is 33.9 Å². The lowest BCUT2D eigenvalue weighted by atomic mass is 10.1. The van der Waals surface area contributed by atoms with Crippen LogP contribution in [0.2, 0.25) is 0 Å². The third-order valence-electron chi connectivity index (χ3n) is 3.40. The van der Waals surface area contributed by atoms with Gasteiger partial charge in [-0.1, -0.05) is 42.8 Å². The molecule has 0 aliphatic heterocycles. The molecule has 0 saturated heterocycles. The molecule has 0 aliphatic rings. The van der Waals surface area contributed by atoms with Gasteiger partial charge in [-0.2, -0.15) is 0 Å². The lowest BCUT2D eigenvalue weighted by Crippen LogP contribution is -2.11. The van der Waals surface area contributed by atoms with Gasteiger partial charge in [0, 0.05) is 6.54 Å². The molecule has 0 aliphatic carbocycles. The van der Waals surface area contributed by atoms with Crippen LogP contribution in [-0.4, -0.2) is 6.54 Å². The van der Waals surface area contributed by atoms with Crippen LogP contribution in [0.1, 0.15) is 29.2 Å². The van der Waals surface area contributed by atoms with E-state index >= 15 is 0 Å². The lowest BCUT2D eigenvalue weighted by Gasteiger charge is -2.10. The molecule has 0 amide bonds. The molecule has 2 rings (SSSR count). The Labute approximate surface area is 121 Å². The van der Waals surface area contributed by atoms with Crippen molar-refractivity contribution in [1.82, 2.24) is 5.32 Å². The summed E-state index contributed by atoms with van der Waals surface area (Å²) in [6, 6.07) is 14.8. The maximum Gasteiger partial charge on any atom is 0.119 e. The maximum atomic E-state index is 5.87. The second-order valence-corrected chi connectivity index (χ2v) is 5.14. The Morgan fingerprint density at radius 3 is 2.45 bits per heavy atom. The fourth-order valence-electron chi connectivity index (χ4n) is 2.09. The van der Waals surface area contributed by atoms with Gasteiger partial charge >= 0.3 is 0 Å². The quantitative estimate of drug-likeness (QED) is 0.856. The van der Waals surface area contributed by atoms with Crippen molar-refractivity contribution < 1.29 is 4.74 Å². The third-order valence-corrected chi connectivity index (χ3v) is 3.40. The zero-order valence-corrected chi connectivity index (χ0v) is 12.6. The summed E-state index contributed by atoms with van der Waals surface area (Å²) in [5.41, 5.74) is 5.09. The van der Waals surface area contributed by atoms with Crippen LogP contribution >= 0.6 is 0 Å². The van der Waals surface area contributed by atoms with E-state index in [-0.39, 0.29) is 0 Å². The molecule has 0 bridgehead atoms. The Bertz CT molecular complexity index is 546. The first-order chi connectivity index (χ1) is 9.69. The van der Waals surface area contributed by atoms with E-state index in [0.29, 0.717) is 6.61 Å². The highest BCUT2D eigenvalue weighted by molar-refractivity contribution is 5.31. The standard InChI is InChI=1S/C18H23NO/c1-4-19-12-16-7-9-18(10-8-16)20-13-17-11-14(2)5-6-15(17)3/h5-11,19H,4,12-13H2,1-3H3. The molecule has 0 spiro atoms. The van der Waals surface area contributed by atoms with Crippen molar-refractivity contribution in [3.8, 4) is 5.75 Å². The molecule has 0 aromatic heterocycles. The summed E-state index contributed by atoms with van der Waals surface area (Å²) in [7, 11) is 0. The Hall–Kier alpha value is -1.80. The van der Waals surface area contributed by atoms with Gasteiger partial charge in [0.25, 0.3) is 0 Å². The van der Waals surface area contributed by atoms with Gasteiger partial charge in [-0.25, -0.2) is 0 Å². The van der Waals surface area contributed by atoms with Gasteiger partial charge in [0.05, 0.1) is 0 Å². The summed E-state index contributed by atoms with van der Waals surface area (Å²) >= 11 is 0. The van der Waals surface area contributed by atoms with Gasteiger partial charge in [-0.15, -0.1) is 0 Å². The highest BCUT2D eigenvalue weighted by atomic mass is 16.5. The largest absolute Gasteiger partial charge is 0.489 e. The number of benzene rings is 2. The van der Waals surface area contributed by atoms with Crippen LogP contribution in [0.15, 0.2) is 42.5 Å². The van der Waals surface area contributed by atoms with E-state index in [2.05, 4.69) is 56.4 Å². The van der Waals surface area contributed by atoms with Gasteiger partial charge in [-0.05, 0) is 49.2 Å². The minimum atomic E-state index is 0.625. The monoisotopic (exact) mass is 269 g/mol. The van der Waals surface area contributed by atoms with E-state index in [1.807, 2.05) is 12.1 Å². The Morgan fingerprint density at radius 2 is 1.75 bits per heavy atom. The second-order valence-electron chi connectivity index (χ2n) is 5.14. The average molecular weight is 269 g/mol. The Kier molecular flexibility index (Phi) is 5.19. The van der Waals surface area contributed by atoms with Gasteiger partial charge in [0.2, 0.25) is 0 Å². The molecule has 1 N–H and O–H groups in total. The smallest absolute Gasteiger partial charge is 0.119 e. The van der Waals surface area contributed by atoms with E-state index in [4.69, 9.17) is 4.74 Å². The fraction of sp³-hybridized carbons (Fsp3) is 0.333. The third kappa shape index (κ3) is 4.10. The van der Waals surface area contributed by atoms with Crippen LogP contribution in [0.25, 0.3) is 0 Å². The SMILES string of the molecule is CCNCc1ccc(OCc2cc(C)ccc2C)cc1. The van der Waals surface area contributed by atoms with E-state index < -0.39 is 0 Å². The number of ether oxygens (including phenoxy) is 1. The first-order valence-electron chi connectivity index (χ1n) is 7.17. The minimum absolute atomic E-state index is 0.625. The summed E-state index contributed by atoms with van der Waals surface area (Å²) in [5.74, 6) is 0.922. The van der Waals surface area contributed by atoms with Crippen molar-refractivity contribution in [1.29, 1.82) is 0 Å². The van der Waals surface area contributed by atoms with Gasteiger partial charge in [0.15, 0.2) is 0 Å². The summed E-state index contributed by atoms with van der Waals surface area (Å²) in [6.45, 7) is 8.87. The predicted octanol–water partition coefficient (Wildman–Crippen LogP) is 3.99. The molecule has 0 heterocycles. The second kappa shape index (κ2) is 7.11. The first-order valence-corrected chi connectivity index (χ1v) is 7.17. The lowest BCUT2D eigenvalue weighted by molar-refractivity contribution is 0.305. The van der Waals surface area contributed by atoms with Gasteiger partial charge in [0.1, 0.15) is 12.4 Å². The summed E-state index contributed by atoms with van der Waals surface area (Å²) in [6.07, 6.45) is 0. The van der Waals surface area contributed by atoms with Gasteiger partial charge in [-0.3, -0.25) is 0 Å². The molecule has 2 heteroatoms. The molecule has 2 aromatic carbocycles. The molecule has 2 aromatic rings. The van der Waals surface area contributed by atoms with Crippen LogP contribution in [0, 0.1) is 13.8 Å². The van der Waals surface area contributed by atoms with Crippen LogP contribution in [0.3, 0.4) is 0 Å². The molecule has 0 fully saturated rings. The molecule has 2 nitrogen and oxygen atoms in total. The number of hydrogen-bond acceptors (Lipinski definition) is 2. The maximum absolute atomic E-state index is 5.87. The topological polar surface area (TPSA) is 21.3 Å². The summed E-state index contributed by atoms with van der Waals surface area (Å²) in [5, 5.41) is 3.31. The van der Waals surface area contributed by atoms with Crippen LogP contribution in [0.5, 0.6) is 5.75 Å². The minimum Gasteiger partial charge on any atom is -0.489 e. The van der Waals surface area contributed by atoms with E-state index in [0.717, 1.165) is 18.8 Å². The zero-order valence-electron chi connectivity index (χ0n) is 12.6. The number of aryl methyl sites for hydroxylation is 2. The average Bonchev–Trinajstić information content (AvgIpc) is 2.47.